The Hall–Kier alpha value is -2.09. The van der Waals surface area contributed by atoms with E-state index in [0.29, 0.717) is 11.8 Å². The van der Waals surface area contributed by atoms with Crippen molar-refractivity contribution in [2.24, 2.45) is 0 Å². The van der Waals surface area contributed by atoms with Gasteiger partial charge in [-0.1, -0.05) is 0 Å². The van der Waals surface area contributed by atoms with Crippen molar-refractivity contribution in [3.8, 4) is 0 Å². The molecule has 3 N–H and O–H groups in total. The molecule has 0 bridgehead atoms. The van der Waals surface area contributed by atoms with E-state index >= 15 is 0 Å². The van der Waals surface area contributed by atoms with Gasteiger partial charge in [0.2, 0.25) is 11.9 Å². The van der Waals surface area contributed by atoms with Crippen molar-refractivity contribution >= 4 is 23.5 Å². The van der Waals surface area contributed by atoms with Gasteiger partial charge in [0, 0.05) is 58.3 Å². The zero-order valence-corrected chi connectivity index (χ0v) is 14.5. The van der Waals surface area contributed by atoms with E-state index in [2.05, 4.69) is 32.1 Å². The minimum atomic E-state index is 0.144. The molecule has 24 heavy (non-hydrogen) atoms. The molecule has 0 saturated carbocycles. The van der Waals surface area contributed by atoms with E-state index in [9.17, 15) is 4.79 Å². The van der Waals surface area contributed by atoms with E-state index in [1.807, 2.05) is 11.0 Å². The number of carbonyl (C=O) groups excluding carboxylic acids is 1. The molecule has 0 radical (unpaired) electrons. The van der Waals surface area contributed by atoms with Crippen molar-refractivity contribution in [3.63, 3.8) is 0 Å². The minimum Gasteiger partial charge on any atom is -0.383 e. The topological polar surface area (TPSA) is 90.6 Å². The number of hydrogen-bond acceptors (Lipinski definition) is 7. The highest BCUT2D eigenvalue weighted by molar-refractivity contribution is 5.73. The fourth-order valence-electron chi connectivity index (χ4n) is 3.24. The summed E-state index contributed by atoms with van der Waals surface area (Å²) in [6.45, 7) is 7.12. The average Bonchev–Trinajstić information content (AvgIpc) is 2.55. The van der Waals surface area contributed by atoms with Gasteiger partial charge in [-0.25, -0.2) is 0 Å². The number of carbonyl (C=O) groups is 1. The number of likely N-dealkylation sites (N-methyl/N-ethyl adjacent to an activating group) is 1. The Labute approximate surface area is 143 Å². The molecule has 0 spiro atoms. The zero-order chi connectivity index (χ0) is 17.1. The van der Waals surface area contributed by atoms with E-state index in [1.165, 1.54) is 0 Å². The van der Waals surface area contributed by atoms with Crippen molar-refractivity contribution in [1.29, 1.82) is 0 Å². The minimum absolute atomic E-state index is 0.144. The van der Waals surface area contributed by atoms with Crippen molar-refractivity contribution in [2.45, 2.75) is 25.8 Å². The van der Waals surface area contributed by atoms with Crippen molar-refractivity contribution in [3.05, 3.63) is 6.07 Å². The van der Waals surface area contributed by atoms with Crippen LogP contribution in [-0.4, -0.2) is 78.0 Å². The Kier molecular flexibility index (Phi) is 5.03. The summed E-state index contributed by atoms with van der Waals surface area (Å²) in [6, 6.07) is 2.12. The zero-order valence-electron chi connectivity index (χ0n) is 14.5. The van der Waals surface area contributed by atoms with Crippen LogP contribution in [0.15, 0.2) is 6.07 Å². The quantitative estimate of drug-likeness (QED) is 0.818. The largest absolute Gasteiger partial charge is 0.383 e. The first-order valence-corrected chi connectivity index (χ1v) is 8.61. The Morgan fingerprint density at radius 1 is 1.17 bits per heavy atom. The standard InChI is InChI=1S/C16H27N7O/c1-12(24)22-5-3-13(4-6-22)18-16-19-14(17)11-15(20-16)23-9-7-21(2)8-10-23/h11,13H,3-10H2,1-2H3,(H3,17,18,19,20). The van der Waals surface area contributed by atoms with Gasteiger partial charge in [-0.15, -0.1) is 0 Å². The number of likely N-dealkylation sites (tertiary alicyclic amines) is 1. The van der Waals surface area contributed by atoms with Crippen LogP contribution in [0.2, 0.25) is 0 Å². The summed E-state index contributed by atoms with van der Waals surface area (Å²) < 4.78 is 0. The molecule has 1 aromatic rings. The van der Waals surface area contributed by atoms with E-state index in [0.717, 1.165) is 57.9 Å². The number of nitrogens with two attached hydrogens (primary N) is 1. The Morgan fingerprint density at radius 2 is 1.83 bits per heavy atom. The van der Waals surface area contributed by atoms with Gasteiger partial charge in [-0.05, 0) is 19.9 Å². The monoisotopic (exact) mass is 333 g/mol. The molecule has 2 saturated heterocycles. The van der Waals surface area contributed by atoms with Gasteiger partial charge in [-0.2, -0.15) is 9.97 Å². The number of aromatic nitrogens is 2. The van der Waals surface area contributed by atoms with Crippen LogP contribution in [0.4, 0.5) is 17.6 Å². The third-order valence-electron chi connectivity index (χ3n) is 4.83. The number of rotatable bonds is 3. The predicted octanol–water partition coefficient (Wildman–Crippen LogP) is 0.233. The van der Waals surface area contributed by atoms with Crippen molar-refractivity contribution < 1.29 is 4.79 Å². The summed E-state index contributed by atoms with van der Waals surface area (Å²) in [6.07, 6.45) is 1.81. The normalized spacial score (nSPS) is 20.2. The van der Waals surface area contributed by atoms with Crippen molar-refractivity contribution in [2.75, 3.05) is 62.3 Å². The molecule has 0 atom stereocenters. The van der Waals surface area contributed by atoms with Gasteiger partial charge in [0.05, 0.1) is 0 Å². The maximum absolute atomic E-state index is 11.4. The summed E-state index contributed by atoms with van der Waals surface area (Å²) in [7, 11) is 2.13. The van der Waals surface area contributed by atoms with Gasteiger partial charge < -0.3 is 25.8 Å². The van der Waals surface area contributed by atoms with Crippen LogP contribution in [0.5, 0.6) is 0 Å². The first-order valence-electron chi connectivity index (χ1n) is 8.61. The molecule has 0 unspecified atom stereocenters. The number of hydrogen-bond donors (Lipinski definition) is 2. The summed E-state index contributed by atoms with van der Waals surface area (Å²) in [4.78, 5) is 26.8. The molecule has 132 valence electrons. The molecule has 1 amide bonds. The molecule has 2 fully saturated rings. The number of piperazine rings is 1. The molecule has 2 aliphatic rings. The second-order valence-electron chi connectivity index (χ2n) is 6.69. The van der Waals surface area contributed by atoms with Gasteiger partial charge in [0.1, 0.15) is 11.6 Å². The lowest BCUT2D eigenvalue weighted by atomic mass is 10.1. The molecule has 8 nitrogen and oxygen atoms in total. The maximum atomic E-state index is 11.4. The third-order valence-corrected chi connectivity index (χ3v) is 4.83. The van der Waals surface area contributed by atoms with Crippen LogP contribution in [0, 0.1) is 0 Å². The smallest absolute Gasteiger partial charge is 0.226 e. The first-order chi connectivity index (χ1) is 11.5. The summed E-state index contributed by atoms with van der Waals surface area (Å²) in [5.41, 5.74) is 5.98. The maximum Gasteiger partial charge on any atom is 0.226 e. The average molecular weight is 333 g/mol. The second-order valence-corrected chi connectivity index (χ2v) is 6.69. The van der Waals surface area contributed by atoms with Gasteiger partial charge >= 0.3 is 0 Å². The highest BCUT2D eigenvalue weighted by atomic mass is 16.2. The van der Waals surface area contributed by atoms with Gasteiger partial charge in [0.25, 0.3) is 0 Å². The summed E-state index contributed by atoms with van der Waals surface area (Å²) in [5.74, 6) is 2.11. The van der Waals surface area contributed by atoms with Gasteiger partial charge in [-0.3, -0.25) is 4.79 Å². The van der Waals surface area contributed by atoms with E-state index in [1.54, 1.807) is 6.92 Å². The molecular formula is C16H27N7O. The Bertz CT molecular complexity index is 578. The number of nitrogens with one attached hydrogen (secondary N) is 1. The number of nitrogen functional groups attached to an aromatic ring is 1. The molecule has 0 aromatic carbocycles. The van der Waals surface area contributed by atoms with Crippen LogP contribution in [-0.2, 0) is 4.79 Å². The van der Waals surface area contributed by atoms with E-state index < -0.39 is 0 Å². The summed E-state index contributed by atoms with van der Waals surface area (Å²) in [5, 5.41) is 3.39. The summed E-state index contributed by atoms with van der Waals surface area (Å²) >= 11 is 0. The Morgan fingerprint density at radius 3 is 2.46 bits per heavy atom. The molecule has 3 rings (SSSR count). The van der Waals surface area contributed by atoms with Crippen LogP contribution in [0.3, 0.4) is 0 Å². The number of piperidine rings is 1. The molecular weight excluding hydrogens is 306 g/mol. The van der Waals surface area contributed by atoms with Crippen LogP contribution in [0.25, 0.3) is 0 Å². The van der Waals surface area contributed by atoms with E-state index in [-0.39, 0.29) is 11.9 Å². The molecule has 3 heterocycles. The second kappa shape index (κ2) is 7.21. The lowest BCUT2D eigenvalue weighted by Gasteiger charge is -2.34. The first kappa shape index (κ1) is 16.8. The van der Waals surface area contributed by atoms with Crippen LogP contribution < -0.4 is 16.0 Å². The fraction of sp³-hybridized carbons (Fsp3) is 0.688. The number of amides is 1. The fourth-order valence-corrected chi connectivity index (χ4v) is 3.24. The highest BCUT2D eigenvalue weighted by Gasteiger charge is 2.22. The number of nitrogens with zero attached hydrogens (tertiary/aromatic N) is 5. The third kappa shape index (κ3) is 4.05. The van der Waals surface area contributed by atoms with Crippen LogP contribution >= 0.6 is 0 Å². The molecule has 0 aliphatic carbocycles. The molecule has 2 aliphatic heterocycles. The SMILES string of the molecule is CC(=O)N1CCC(Nc2nc(N)cc(N3CCN(C)CC3)n2)CC1. The van der Waals surface area contributed by atoms with Crippen molar-refractivity contribution in [1.82, 2.24) is 19.8 Å². The highest BCUT2D eigenvalue weighted by Crippen LogP contribution is 2.20. The number of anilines is 3. The molecule has 8 heteroatoms. The predicted molar refractivity (Wildman–Crippen MR) is 95.1 cm³/mol. The Balaban J connectivity index is 1.63. The lowest BCUT2D eigenvalue weighted by Crippen LogP contribution is -2.45. The molecule has 1 aromatic heterocycles. The van der Waals surface area contributed by atoms with Crippen LogP contribution in [0.1, 0.15) is 19.8 Å². The van der Waals surface area contributed by atoms with Gasteiger partial charge in [0.15, 0.2) is 0 Å². The lowest BCUT2D eigenvalue weighted by molar-refractivity contribution is -0.129. The van der Waals surface area contributed by atoms with E-state index in [4.69, 9.17) is 5.73 Å².